The van der Waals surface area contributed by atoms with E-state index in [2.05, 4.69) is 36.9 Å². The monoisotopic (exact) mass is 848 g/mol. The van der Waals surface area contributed by atoms with E-state index in [1.54, 1.807) is 52.4 Å². The average molecular weight is 849 g/mol. The van der Waals surface area contributed by atoms with Crippen molar-refractivity contribution in [3.63, 3.8) is 0 Å². The fourth-order valence-corrected chi connectivity index (χ4v) is 6.68. The first kappa shape index (κ1) is 52.3. The molecule has 0 unspecified atom stereocenters. The Morgan fingerprint density at radius 1 is 0.450 bits per heavy atom. The Labute approximate surface area is 353 Å². The number of hydrogen-bond acceptors (Lipinski definition) is 14. The molecule has 336 valence electrons. The van der Waals surface area contributed by atoms with Crippen molar-refractivity contribution in [1.29, 1.82) is 0 Å². The second-order valence-corrected chi connectivity index (χ2v) is 14.7. The lowest BCUT2D eigenvalue weighted by molar-refractivity contribution is -0.140. The van der Waals surface area contributed by atoms with Gasteiger partial charge in [0.15, 0.2) is 0 Å². The van der Waals surface area contributed by atoms with Crippen LogP contribution in [0.4, 0.5) is 19.2 Å². The van der Waals surface area contributed by atoms with E-state index in [9.17, 15) is 38.4 Å². The van der Waals surface area contributed by atoms with E-state index in [4.69, 9.17) is 28.4 Å². The van der Waals surface area contributed by atoms with Gasteiger partial charge in [0.05, 0.1) is 39.4 Å². The van der Waals surface area contributed by atoms with E-state index >= 15 is 0 Å². The van der Waals surface area contributed by atoms with Crippen LogP contribution in [0.3, 0.4) is 0 Å². The molecule has 0 aliphatic heterocycles. The molecule has 0 atom stereocenters. The number of esters is 4. The van der Waals surface area contributed by atoms with Gasteiger partial charge >= 0.3 is 48.1 Å². The van der Waals surface area contributed by atoms with Gasteiger partial charge in [0.25, 0.3) is 0 Å². The number of amides is 6. The van der Waals surface area contributed by atoms with Crippen molar-refractivity contribution in [2.24, 2.45) is 23.7 Å². The van der Waals surface area contributed by atoms with E-state index in [1.807, 2.05) is 0 Å². The number of nitrogens with zero attached hydrogens (tertiary/aromatic N) is 2. The molecule has 4 rings (SSSR count). The topological polar surface area (TPSA) is 222 Å². The highest BCUT2D eigenvalue weighted by Gasteiger charge is 2.41. The molecular formula is C42H64N4O14. The molecule has 0 aromatic rings. The number of nitrogens with one attached hydrogen (secondary N) is 2. The third-order valence-corrected chi connectivity index (χ3v) is 9.18. The average Bonchev–Trinajstić information content (AvgIpc) is 3.17. The Bertz CT molecular complexity index is 1420. The highest BCUT2D eigenvalue weighted by Crippen LogP contribution is 2.53. The van der Waals surface area contributed by atoms with Gasteiger partial charge in [0, 0.05) is 22.3 Å². The maximum absolute atomic E-state index is 12.0. The van der Waals surface area contributed by atoms with E-state index < -0.39 is 48.1 Å². The van der Waals surface area contributed by atoms with Crippen molar-refractivity contribution in [2.45, 2.75) is 80.1 Å². The van der Waals surface area contributed by atoms with Crippen LogP contribution in [0, 0.1) is 23.7 Å². The van der Waals surface area contributed by atoms with Gasteiger partial charge in [-0.15, -0.1) is 0 Å². The summed E-state index contributed by atoms with van der Waals surface area (Å²) >= 11 is 0. The quantitative estimate of drug-likeness (QED) is 0.0740. The molecule has 0 spiro atoms. The fraction of sp³-hybridized carbons (Fsp3) is 0.619. The second kappa shape index (κ2) is 27.9. The van der Waals surface area contributed by atoms with Crippen LogP contribution < -0.4 is 10.6 Å². The smallest absolute Gasteiger partial charge is 0.418 e. The van der Waals surface area contributed by atoms with Crippen LogP contribution in [0.5, 0.6) is 0 Å². The van der Waals surface area contributed by atoms with Gasteiger partial charge < -0.3 is 39.1 Å². The van der Waals surface area contributed by atoms with Crippen LogP contribution in [0.15, 0.2) is 48.6 Å². The van der Waals surface area contributed by atoms with Crippen LogP contribution in [-0.2, 0) is 47.6 Å². The molecule has 18 nitrogen and oxygen atoms in total. The highest BCUT2D eigenvalue weighted by atomic mass is 16.6. The molecule has 0 aromatic heterocycles. The van der Waals surface area contributed by atoms with Crippen molar-refractivity contribution in [1.82, 2.24) is 20.4 Å². The molecule has 60 heavy (non-hydrogen) atoms. The largest absolute Gasteiger partial charge is 0.460 e. The maximum Gasteiger partial charge on any atom is 0.418 e. The molecule has 0 saturated heterocycles. The zero-order chi connectivity index (χ0) is 45.4. The molecule has 2 N–H and O–H groups in total. The van der Waals surface area contributed by atoms with Crippen LogP contribution in [-0.4, -0.2) is 124 Å². The minimum Gasteiger partial charge on any atom is -0.460 e. The summed E-state index contributed by atoms with van der Waals surface area (Å²) in [7, 11) is 0. The summed E-state index contributed by atoms with van der Waals surface area (Å²) in [5.74, 6) is 2.29. The molecule has 4 aliphatic carbocycles. The normalized spacial score (nSPS) is 17.6. The maximum atomic E-state index is 12.0. The summed E-state index contributed by atoms with van der Waals surface area (Å²) in [5.41, 5.74) is 0.871. The van der Waals surface area contributed by atoms with E-state index in [0.717, 1.165) is 9.80 Å². The lowest BCUT2D eigenvalue weighted by Gasteiger charge is -2.49. The molecule has 6 amide bonds. The number of imide groups is 2. The van der Waals surface area contributed by atoms with Crippen molar-refractivity contribution in [2.75, 3.05) is 65.8 Å². The molecule has 4 bridgehead atoms. The summed E-state index contributed by atoms with van der Waals surface area (Å²) in [6, 6.07) is -1.53. The van der Waals surface area contributed by atoms with Gasteiger partial charge in [-0.1, -0.05) is 26.3 Å². The second-order valence-electron chi connectivity index (χ2n) is 14.7. The Morgan fingerprint density at radius 3 is 0.933 bits per heavy atom. The Kier molecular flexibility index (Phi) is 24.3. The Morgan fingerprint density at radius 2 is 0.700 bits per heavy atom. The molecular weight excluding hydrogens is 784 g/mol. The highest BCUT2D eigenvalue weighted by molar-refractivity contribution is 5.92. The van der Waals surface area contributed by atoms with E-state index in [0.29, 0.717) is 0 Å². The third kappa shape index (κ3) is 20.3. The molecule has 0 aromatic carbocycles. The molecule has 4 saturated carbocycles. The Balaban J connectivity index is 0.000000483. The van der Waals surface area contributed by atoms with Gasteiger partial charge in [0.1, 0.15) is 26.4 Å². The van der Waals surface area contributed by atoms with Crippen molar-refractivity contribution in [3.8, 4) is 0 Å². The number of carbonyl (C=O) groups is 8. The number of urea groups is 2. The van der Waals surface area contributed by atoms with Crippen LogP contribution >= 0.6 is 0 Å². The molecule has 4 aliphatic rings. The number of ether oxygens (including phenoxy) is 6. The Hall–Kier alpha value is -5.68. The van der Waals surface area contributed by atoms with Gasteiger partial charge in [-0.05, 0) is 104 Å². The van der Waals surface area contributed by atoms with Gasteiger partial charge in [-0.3, -0.25) is 0 Å². The lowest BCUT2D eigenvalue weighted by Crippen LogP contribution is -2.46. The van der Waals surface area contributed by atoms with Gasteiger partial charge in [-0.25, -0.2) is 48.2 Å². The van der Waals surface area contributed by atoms with E-state index in [1.165, 1.54) is 51.4 Å². The first-order valence-electron chi connectivity index (χ1n) is 20.1. The SMILES string of the molecule is C1C2CC3CC1CC(C2)C3.C=C(C)C(=O)OCCNC(=O)N(CCOC(=O)C(=C)C)C(=O)OCC.C=C(C)C(=O)OCCNC(=O)N(CCOC(=O)C(=C)C)C(=O)OCC. The van der Waals surface area contributed by atoms with Crippen molar-refractivity contribution in [3.05, 3.63) is 48.6 Å². The van der Waals surface area contributed by atoms with Gasteiger partial charge in [-0.2, -0.15) is 0 Å². The minimum absolute atomic E-state index is 0.0146. The van der Waals surface area contributed by atoms with Crippen LogP contribution in [0.25, 0.3) is 0 Å². The zero-order valence-corrected chi connectivity index (χ0v) is 36.1. The molecule has 18 heteroatoms. The first-order chi connectivity index (χ1) is 28.3. The van der Waals surface area contributed by atoms with Crippen molar-refractivity contribution >= 4 is 48.1 Å². The van der Waals surface area contributed by atoms with Crippen LogP contribution in [0.1, 0.15) is 80.1 Å². The molecule has 0 heterocycles. The van der Waals surface area contributed by atoms with Crippen molar-refractivity contribution < 1.29 is 66.8 Å². The van der Waals surface area contributed by atoms with Crippen LogP contribution in [0.2, 0.25) is 0 Å². The van der Waals surface area contributed by atoms with Gasteiger partial charge in [0.2, 0.25) is 0 Å². The number of hydrogen-bond donors (Lipinski definition) is 2. The standard InChI is InChI=1S/2C16H24N2O7.C10H16/c2*1-6-23-16(22)18(8-10-25-14(20)12(4)5)15(21)17-7-9-24-13(19)11(2)3;1-7-2-9-4-8(1)5-10(3-7)6-9/h2*2,4,6-10H2,1,3,5H3,(H,17,21);7-10H,1-6H2. The van der Waals surface area contributed by atoms with E-state index in [-0.39, 0.29) is 88.1 Å². The minimum atomic E-state index is -0.884. The summed E-state index contributed by atoms with van der Waals surface area (Å²) in [4.78, 5) is 94.2. The number of rotatable bonds is 18. The lowest BCUT2D eigenvalue weighted by atomic mass is 9.56. The summed E-state index contributed by atoms with van der Waals surface area (Å²) < 4.78 is 28.9. The number of carbonyl (C=O) groups excluding carboxylic acids is 8. The third-order valence-electron chi connectivity index (χ3n) is 9.18. The first-order valence-corrected chi connectivity index (χ1v) is 20.1. The summed E-state index contributed by atoms with van der Waals surface area (Å²) in [5, 5.41) is 4.80. The zero-order valence-electron chi connectivity index (χ0n) is 36.1. The summed E-state index contributed by atoms with van der Waals surface area (Å²) in [6.07, 6.45) is 7.86. The molecule has 0 radical (unpaired) electrons. The molecule has 4 fully saturated rings. The predicted molar refractivity (Wildman–Crippen MR) is 219 cm³/mol. The fourth-order valence-electron chi connectivity index (χ4n) is 6.68. The predicted octanol–water partition coefficient (Wildman–Crippen LogP) is 5.62. The summed E-state index contributed by atoms with van der Waals surface area (Å²) in [6.45, 7) is 22.0.